The zero-order valence-corrected chi connectivity index (χ0v) is 17.3. The predicted molar refractivity (Wildman–Crippen MR) is 118 cm³/mol. The van der Waals surface area contributed by atoms with E-state index in [1.807, 2.05) is 0 Å². The Morgan fingerprint density at radius 3 is 1.78 bits per heavy atom. The Bertz CT molecular complexity index is 1110. The summed E-state index contributed by atoms with van der Waals surface area (Å²) in [4.78, 5) is 26.0. The maximum atomic E-state index is 14.2. The fraction of sp³-hybridized carbons (Fsp3) is 0.0833. The third kappa shape index (κ3) is 5.28. The molecule has 0 atom stereocenters. The topological polar surface area (TPSA) is 76.7 Å². The van der Waals surface area contributed by atoms with Crippen molar-refractivity contribution in [2.75, 3.05) is 24.9 Å². The highest BCUT2D eigenvalue weighted by atomic mass is 19.1. The van der Waals surface area contributed by atoms with E-state index in [9.17, 15) is 18.4 Å². The van der Waals surface area contributed by atoms with Gasteiger partial charge in [0.05, 0.1) is 25.6 Å². The quantitative estimate of drug-likeness (QED) is 0.320. The number of rotatable bonds is 7. The third-order valence-corrected chi connectivity index (χ3v) is 4.46. The fourth-order valence-corrected chi connectivity index (χ4v) is 2.89. The molecule has 3 aromatic rings. The van der Waals surface area contributed by atoms with Crippen molar-refractivity contribution in [3.05, 3.63) is 89.5 Å². The molecule has 32 heavy (non-hydrogen) atoms. The van der Waals surface area contributed by atoms with Crippen LogP contribution < -0.4 is 20.1 Å². The highest BCUT2D eigenvalue weighted by Gasteiger charge is 2.22. The van der Waals surface area contributed by atoms with Crippen molar-refractivity contribution in [1.29, 1.82) is 0 Å². The minimum absolute atomic E-state index is 0.259. The van der Waals surface area contributed by atoms with E-state index in [2.05, 4.69) is 10.6 Å². The van der Waals surface area contributed by atoms with Crippen LogP contribution >= 0.6 is 0 Å². The number of ether oxygens (including phenoxy) is 2. The Morgan fingerprint density at radius 1 is 0.781 bits per heavy atom. The first kappa shape index (κ1) is 22.5. The van der Waals surface area contributed by atoms with Gasteiger partial charge in [-0.25, -0.2) is 8.78 Å². The van der Waals surface area contributed by atoms with Gasteiger partial charge in [-0.1, -0.05) is 24.3 Å². The maximum Gasteiger partial charge on any atom is 0.261 e. The molecule has 3 aromatic carbocycles. The Labute approximate surface area is 183 Å². The number of amides is 2. The van der Waals surface area contributed by atoms with Crippen LogP contribution in [0.25, 0.3) is 6.08 Å². The molecule has 0 radical (unpaired) electrons. The lowest BCUT2D eigenvalue weighted by atomic mass is 10.1. The van der Waals surface area contributed by atoms with Gasteiger partial charge in [0.1, 0.15) is 28.7 Å². The van der Waals surface area contributed by atoms with Crippen LogP contribution in [0.15, 0.2) is 72.3 Å². The largest absolute Gasteiger partial charge is 0.495 e. The molecule has 0 bridgehead atoms. The number of nitrogens with one attached hydrogen (secondary N) is 2. The van der Waals surface area contributed by atoms with Crippen LogP contribution in [0, 0.1) is 11.6 Å². The lowest BCUT2D eigenvalue weighted by molar-refractivity contribution is -0.118. The standard InChI is InChI=1S/C24H20F2N2O4/c1-31-21-9-5-3-7-19(21)27-23(29)17(14-15-13-16(25)11-12-18(15)26)24(30)28-20-8-4-6-10-22(20)32-2/h3-14H,1-2H3,(H,27,29)(H,28,30). The number of carbonyl (C=O) groups excluding carboxylic acids is 2. The second-order valence-corrected chi connectivity index (χ2v) is 6.53. The van der Waals surface area contributed by atoms with Crippen LogP contribution in [0.2, 0.25) is 0 Å². The number of para-hydroxylation sites is 4. The van der Waals surface area contributed by atoms with E-state index in [-0.39, 0.29) is 5.56 Å². The lowest BCUT2D eigenvalue weighted by Gasteiger charge is -2.14. The highest BCUT2D eigenvalue weighted by Crippen LogP contribution is 2.26. The summed E-state index contributed by atoms with van der Waals surface area (Å²) in [5, 5.41) is 5.14. The van der Waals surface area contributed by atoms with E-state index in [0.29, 0.717) is 22.9 Å². The summed E-state index contributed by atoms with van der Waals surface area (Å²) in [6, 6.07) is 15.9. The van der Waals surface area contributed by atoms with E-state index >= 15 is 0 Å². The molecule has 8 heteroatoms. The van der Waals surface area contributed by atoms with Gasteiger partial charge in [0.25, 0.3) is 11.8 Å². The van der Waals surface area contributed by atoms with Crippen molar-refractivity contribution in [3.8, 4) is 11.5 Å². The molecule has 0 fully saturated rings. The summed E-state index contributed by atoms with van der Waals surface area (Å²) in [6.45, 7) is 0. The lowest BCUT2D eigenvalue weighted by Crippen LogP contribution is -2.25. The second kappa shape index (κ2) is 10.2. The summed E-state index contributed by atoms with van der Waals surface area (Å²) in [6.07, 6.45) is 0.980. The molecule has 0 saturated carbocycles. The first-order chi connectivity index (χ1) is 15.4. The zero-order chi connectivity index (χ0) is 23.1. The highest BCUT2D eigenvalue weighted by molar-refractivity contribution is 6.29. The van der Waals surface area contributed by atoms with E-state index < -0.39 is 29.0 Å². The van der Waals surface area contributed by atoms with Crippen molar-refractivity contribution in [2.24, 2.45) is 0 Å². The van der Waals surface area contributed by atoms with E-state index in [4.69, 9.17) is 9.47 Å². The average Bonchev–Trinajstić information content (AvgIpc) is 2.80. The molecule has 3 rings (SSSR count). The van der Waals surface area contributed by atoms with Crippen LogP contribution in [0.5, 0.6) is 11.5 Å². The van der Waals surface area contributed by atoms with Gasteiger partial charge in [0.15, 0.2) is 0 Å². The monoisotopic (exact) mass is 438 g/mol. The minimum Gasteiger partial charge on any atom is -0.495 e. The summed E-state index contributed by atoms with van der Waals surface area (Å²) in [5.41, 5.74) is -0.108. The summed E-state index contributed by atoms with van der Waals surface area (Å²) < 4.78 is 38.3. The Balaban J connectivity index is 2.00. The van der Waals surface area contributed by atoms with Crippen molar-refractivity contribution < 1.29 is 27.8 Å². The van der Waals surface area contributed by atoms with Gasteiger partial charge in [0.2, 0.25) is 0 Å². The fourth-order valence-electron chi connectivity index (χ4n) is 2.89. The summed E-state index contributed by atoms with van der Waals surface area (Å²) >= 11 is 0. The Hall–Kier alpha value is -4.20. The SMILES string of the molecule is COc1ccccc1NC(=O)C(=Cc1cc(F)ccc1F)C(=O)Nc1ccccc1OC. The third-order valence-electron chi connectivity index (χ3n) is 4.46. The first-order valence-electron chi connectivity index (χ1n) is 9.48. The van der Waals surface area contributed by atoms with Crippen LogP contribution in [-0.4, -0.2) is 26.0 Å². The number of benzene rings is 3. The molecule has 0 unspecified atom stereocenters. The number of halogens is 2. The molecule has 0 saturated heterocycles. The van der Waals surface area contributed by atoms with Crippen molar-refractivity contribution >= 4 is 29.3 Å². The molecule has 0 aliphatic heterocycles. The van der Waals surface area contributed by atoms with Gasteiger partial charge >= 0.3 is 0 Å². The molecule has 0 aliphatic carbocycles. The smallest absolute Gasteiger partial charge is 0.261 e. The van der Waals surface area contributed by atoms with Crippen LogP contribution in [0.1, 0.15) is 5.56 Å². The number of methoxy groups -OCH3 is 2. The van der Waals surface area contributed by atoms with Gasteiger partial charge in [-0.3, -0.25) is 9.59 Å². The van der Waals surface area contributed by atoms with Gasteiger partial charge in [-0.15, -0.1) is 0 Å². The van der Waals surface area contributed by atoms with Crippen LogP contribution in [-0.2, 0) is 9.59 Å². The van der Waals surface area contributed by atoms with Crippen molar-refractivity contribution in [3.63, 3.8) is 0 Å². The van der Waals surface area contributed by atoms with Gasteiger partial charge < -0.3 is 20.1 Å². The molecule has 0 aliphatic rings. The van der Waals surface area contributed by atoms with E-state index in [0.717, 1.165) is 24.3 Å². The number of hydrogen-bond donors (Lipinski definition) is 2. The molecule has 0 aromatic heterocycles. The van der Waals surface area contributed by atoms with Crippen molar-refractivity contribution in [1.82, 2.24) is 0 Å². The average molecular weight is 438 g/mol. The molecule has 164 valence electrons. The molecule has 0 heterocycles. The Kier molecular flexibility index (Phi) is 7.17. The molecule has 2 N–H and O–H groups in total. The van der Waals surface area contributed by atoms with E-state index in [1.54, 1.807) is 48.5 Å². The number of carbonyl (C=O) groups is 2. The second-order valence-electron chi connectivity index (χ2n) is 6.53. The van der Waals surface area contributed by atoms with Crippen LogP contribution in [0.3, 0.4) is 0 Å². The normalized spacial score (nSPS) is 10.1. The predicted octanol–water partition coefficient (Wildman–Crippen LogP) is 4.64. The molecule has 0 spiro atoms. The Morgan fingerprint density at radius 2 is 1.28 bits per heavy atom. The summed E-state index contributed by atoms with van der Waals surface area (Å²) in [5.74, 6) is -2.47. The maximum absolute atomic E-state index is 14.2. The van der Waals surface area contributed by atoms with Gasteiger partial charge in [0, 0.05) is 5.56 Å². The molecular weight excluding hydrogens is 418 g/mol. The van der Waals surface area contributed by atoms with Crippen molar-refractivity contribution in [2.45, 2.75) is 0 Å². The van der Waals surface area contributed by atoms with Gasteiger partial charge in [-0.05, 0) is 48.5 Å². The summed E-state index contributed by atoms with van der Waals surface area (Å²) in [7, 11) is 2.86. The minimum atomic E-state index is -0.842. The van der Waals surface area contributed by atoms with E-state index in [1.165, 1.54) is 14.2 Å². The first-order valence-corrected chi connectivity index (χ1v) is 9.48. The van der Waals surface area contributed by atoms with Gasteiger partial charge in [-0.2, -0.15) is 0 Å². The molecule has 2 amide bonds. The number of anilines is 2. The molecular formula is C24H20F2N2O4. The van der Waals surface area contributed by atoms with Crippen LogP contribution in [0.4, 0.5) is 20.2 Å². The molecule has 6 nitrogen and oxygen atoms in total. The zero-order valence-electron chi connectivity index (χ0n) is 17.3. The number of hydrogen-bond acceptors (Lipinski definition) is 4.